The average molecular weight is 262 g/mol. The van der Waals surface area contributed by atoms with Crippen molar-refractivity contribution in [2.75, 3.05) is 26.4 Å². The molecule has 0 radical (unpaired) electrons. The van der Waals surface area contributed by atoms with Gasteiger partial charge in [0.05, 0.1) is 13.2 Å². The van der Waals surface area contributed by atoms with Crippen molar-refractivity contribution in [3.8, 4) is 11.5 Å². The van der Waals surface area contributed by atoms with Crippen LogP contribution in [0, 0.1) is 6.92 Å². The van der Waals surface area contributed by atoms with Gasteiger partial charge < -0.3 is 19.7 Å². The van der Waals surface area contributed by atoms with Crippen LogP contribution in [0.2, 0.25) is 0 Å². The summed E-state index contributed by atoms with van der Waals surface area (Å²) >= 11 is 0. The molecule has 0 saturated carbocycles. The second kappa shape index (κ2) is 6.41. The third kappa shape index (κ3) is 3.16. The van der Waals surface area contributed by atoms with Crippen molar-refractivity contribution in [2.24, 2.45) is 0 Å². The molecule has 0 saturated heterocycles. The number of fused-ring (bicyclic) bond motifs is 1. The van der Waals surface area contributed by atoms with E-state index in [9.17, 15) is 0 Å². The molecule has 0 aliphatic carbocycles. The van der Waals surface area contributed by atoms with Crippen LogP contribution in [0.25, 0.3) is 10.8 Å². The van der Waals surface area contributed by atoms with E-state index in [1.54, 1.807) is 0 Å². The fourth-order valence-corrected chi connectivity index (χ4v) is 1.97. The first kappa shape index (κ1) is 13.6. The molecule has 0 aliphatic heterocycles. The predicted octanol–water partition coefficient (Wildman–Crippen LogP) is 1.89. The lowest BCUT2D eigenvalue weighted by Gasteiger charge is -2.13. The molecule has 2 aromatic rings. The lowest BCUT2D eigenvalue weighted by molar-refractivity contribution is 0.200. The smallest absolute Gasteiger partial charge is 0.127 e. The maximum atomic E-state index is 8.85. The van der Waals surface area contributed by atoms with Crippen molar-refractivity contribution < 1.29 is 19.7 Å². The van der Waals surface area contributed by atoms with Gasteiger partial charge in [0.1, 0.15) is 24.7 Å². The first-order valence-corrected chi connectivity index (χ1v) is 6.27. The zero-order chi connectivity index (χ0) is 13.7. The Morgan fingerprint density at radius 1 is 0.842 bits per heavy atom. The summed E-state index contributed by atoms with van der Waals surface area (Å²) in [6.45, 7) is 2.50. The highest BCUT2D eigenvalue weighted by atomic mass is 16.5. The fourth-order valence-electron chi connectivity index (χ4n) is 1.97. The molecule has 0 spiro atoms. The Balaban J connectivity index is 2.45. The van der Waals surface area contributed by atoms with E-state index in [1.807, 2.05) is 37.3 Å². The van der Waals surface area contributed by atoms with Crippen LogP contribution < -0.4 is 9.47 Å². The Labute approximate surface area is 112 Å². The number of hydrogen-bond donors (Lipinski definition) is 2. The lowest BCUT2D eigenvalue weighted by Crippen LogP contribution is -2.04. The minimum Gasteiger partial charge on any atom is -0.491 e. The number of hydrogen-bond acceptors (Lipinski definition) is 4. The summed E-state index contributed by atoms with van der Waals surface area (Å²) in [5, 5.41) is 19.6. The first-order chi connectivity index (χ1) is 9.26. The fraction of sp³-hybridized carbons (Fsp3) is 0.333. The van der Waals surface area contributed by atoms with Crippen molar-refractivity contribution in [1.82, 2.24) is 0 Å². The summed E-state index contributed by atoms with van der Waals surface area (Å²) in [6.07, 6.45) is 0. The second-order valence-corrected chi connectivity index (χ2v) is 4.26. The summed E-state index contributed by atoms with van der Waals surface area (Å²) in [7, 11) is 0. The Bertz CT molecular complexity index is 551. The normalized spacial score (nSPS) is 10.7. The van der Waals surface area contributed by atoms with Gasteiger partial charge in [-0.15, -0.1) is 0 Å². The molecule has 19 heavy (non-hydrogen) atoms. The monoisotopic (exact) mass is 262 g/mol. The zero-order valence-corrected chi connectivity index (χ0v) is 10.9. The highest BCUT2D eigenvalue weighted by molar-refractivity contribution is 5.93. The van der Waals surface area contributed by atoms with Crippen molar-refractivity contribution >= 4 is 10.8 Å². The van der Waals surface area contributed by atoms with E-state index in [2.05, 4.69) is 0 Å². The number of ether oxygens (including phenoxy) is 2. The number of aliphatic hydroxyl groups excluding tert-OH is 2. The molecule has 0 aromatic heterocycles. The van der Waals surface area contributed by atoms with Crippen LogP contribution in [0.15, 0.2) is 30.3 Å². The van der Waals surface area contributed by atoms with E-state index in [4.69, 9.17) is 19.7 Å². The first-order valence-electron chi connectivity index (χ1n) is 6.27. The number of aryl methyl sites for hydroxylation is 1. The Morgan fingerprint density at radius 2 is 1.42 bits per heavy atom. The van der Waals surface area contributed by atoms with E-state index in [0.29, 0.717) is 0 Å². The topological polar surface area (TPSA) is 58.9 Å². The standard InChI is InChI=1S/C15H18O4/c1-11-2-3-12-13(10-11)15(19-9-7-17)5-4-14(12)18-8-6-16/h2-5,10,16-17H,6-9H2,1H3. The maximum Gasteiger partial charge on any atom is 0.127 e. The van der Waals surface area contributed by atoms with Crippen molar-refractivity contribution in [1.29, 1.82) is 0 Å². The van der Waals surface area contributed by atoms with Crippen molar-refractivity contribution in [2.45, 2.75) is 6.92 Å². The maximum absolute atomic E-state index is 8.85. The Kier molecular flexibility index (Phi) is 4.60. The van der Waals surface area contributed by atoms with Crippen LogP contribution in [0.3, 0.4) is 0 Å². The number of benzene rings is 2. The van der Waals surface area contributed by atoms with Crippen LogP contribution in [0.5, 0.6) is 11.5 Å². The van der Waals surface area contributed by atoms with Crippen LogP contribution in [-0.2, 0) is 0 Å². The second-order valence-electron chi connectivity index (χ2n) is 4.26. The number of rotatable bonds is 6. The van der Waals surface area contributed by atoms with E-state index in [-0.39, 0.29) is 26.4 Å². The van der Waals surface area contributed by atoms with Gasteiger partial charge in [-0.05, 0) is 25.1 Å². The van der Waals surface area contributed by atoms with Crippen LogP contribution in [0.4, 0.5) is 0 Å². The van der Waals surface area contributed by atoms with Crippen LogP contribution in [0.1, 0.15) is 5.56 Å². The minimum atomic E-state index is -0.0178. The summed E-state index contributed by atoms with van der Waals surface area (Å²) < 4.78 is 11.0. The van der Waals surface area contributed by atoms with Gasteiger partial charge in [-0.3, -0.25) is 0 Å². The van der Waals surface area contributed by atoms with E-state index in [0.717, 1.165) is 27.8 Å². The molecule has 2 N–H and O–H groups in total. The molecule has 4 nitrogen and oxygen atoms in total. The minimum absolute atomic E-state index is 0.0177. The quantitative estimate of drug-likeness (QED) is 0.834. The highest BCUT2D eigenvalue weighted by Gasteiger charge is 2.08. The summed E-state index contributed by atoms with van der Waals surface area (Å²) in [4.78, 5) is 0. The van der Waals surface area contributed by atoms with Gasteiger partial charge in [-0.2, -0.15) is 0 Å². The predicted molar refractivity (Wildman–Crippen MR) is 73.8 cm³/mol. The van der Waals surface area contributed by atoms with E-state index in [1.165, 1.54) is 0 Å². The summed E-state index contributed by atoms with van der Waals surface area (Å²) in [5.74, 6) is 1.45. The SMILES string of the molecule is Cc1ccc2c(OCCO)ccc(OCCO)c2c1. The molecule has 0 atom stereocenters. The van der Waals surface area contributed by atoms with Crippen LogP contribution >= 0.6 is 0 Å². The van der Waals surface area contributed by atoms with Gasteiger partial charge >= 0.3 is 0 Å². The van der Waals surface area contributed by atoms with Crippen LogP contribution in [-0.4, -0.2) is 36.6 Å². The summed E-state index contributed by atoms with van der Waals surface area (Å²) in [5.41, 5.74) is 1.13. The molecular weight excluding hydrogens is 244 g/mol. The third-order valence-electron chi connectivity index (χ3n) is 2.79. The highest BCUT2D eigenvalue weighted by Crippen LogP contribution is 2.33. The molecule has 0 fully saturated rings. The number of aliphatic hydroxyl groups is 2. The molecule has 4 heteroatoms. The van der Waals surface area contributed by atoms with Gasteiger partial charge in [-0.1, -0.05) is 17.7 Å². The van der Waals surface area contributed by atoms with Gasteiger partial charge in [0.15, 0.2) is 0 Å². The largest absolute Gasteiger partial charge is 0.491 e. The average Bonchev–Trinajstić information content (AvgIpc) is 2.43. The Hall–Kier alpha value is -1.78. The van der Waals surface area contributed by atoms with Crippen molar-refractivity contribution in [3.05, 3.63) is 35.9 Å². The lowest BCUT2D eigenvalue weighted by atomic mass is 10.1. The molecule has 2 aromatic carbocycles. The molecule has 0 heterocycles. The van der Waals surface area contributed by atoms with Gasteiger partial charge in [-0.25, -0.2) is 0 Å². The molecule has 2 rings (SSSR count). The molecular formula is C15H18O4. The molecule has 102 valence electrons. The zero-order valence-electron chi connectivity index (χ0n) is 10.9. The molecule has 0 bridgehead atoms. The van der Waals surface area contributed by atoms with E-state index < -0.39 is 0 Å². The van der Waals surface area contributed by atoms with Gasteiger partial charge in [0, 0.05) is 10.8 Å². The summed E-state index contributed by atoms with van der Waals surface area (Å²) in [6, 6.07) is 9.64. The van der Waals surface area contributed by atoms with E-state index >= 15 is 0 Å². The Morgan fingerprint density at radius 3 is 2.00 bits per heavy atom. The molecule has 0 aliphatic rings. The molecule has 0 unspecified atom stereocenters. The van der Waals surface area contributed by atoms with Gasteiger partial charge in [0.25, 0.3) is 0 Å². The van der Waals surface area contributed by atoms with Crippen molar-refractivity contribution in [3.63, 3.8) is 0 Å². The third-order valence-corrected chi connectivity index (χ3v) is 2.79. The van der Waals surface area contributed by atoms with Gasteiger partial charge in [0.2, 0.25) is 0 Å². The molecule has 0 amide bonds.